The molecule has 0 spiro atoms. The Labute approximate surface area is 169 Å². The SMILES string of the molecule is C=CCON1C(=O)N2CC(n3ccc(C(=O)NCCN4CCOCC4)n3)=CC1C2. The van der Waals surface area contributed by atoms with Crippen LogP contribution in [-0.4, -0.2) is 102 Å². The molecule has 1 aromatic heterocycles. The lowest BCUT2D eigenvalue weighted by Gasteiger charge is -2.26. The van der Waals surface area contributed by atoms with Gasteiger partial charge in [-0.05, 0) is 12.1 Å². The van der Waals surface area contributed by atoms with E-state index in [9.17, 15) is 9.59 Å². The highest BCUT2D eigenvalue weighted by Crippen LogP contribution is 2.26. The van der Waals surface area contributed by atoms with E-state index >= 15 is 0 Å². The maximum Gasteiger partial charge on any atom is 0.345 e. The fourth-order valence-electron chi connectivity index (χ4n) is 3.66. The largest absolute Gasteiger partial charge is 0.379 e. The molecular formula is C19H26N6O4. The molecule has 0 aliphatic carbocycles. The zero-order chi connectivity index (χ0) is 20.2. The van der Waals surface area contributed by atoms with Crippen molar-refractivity contribution in [3.8, 4) is 0 Å². The van der Waals surface area contributed by atoms with Gasteiger partial charge in [-0.1, -0.05) is 6.08 Å². The summed E-state index contributed by atoms with van der Waals surface area (Å²) in [5, 5.41) is 8.68. The van der Waals surface area contributed by atoms with Crippen LogP contribution in [0.25, 0.3) is 5.70 Å². The first kappa shape index (κ1) is 19.6. The van der Waals surface area contributed by atoms with Crippen LogP contribution in [0, 0.1) is 0 Å². The van der Waals surface area contributed by atoms with Gasteiger partial charge in [0, 0.05) is 38.9 Å². The number of morpholine rings is 1. The van der Waals surface area contributed by atoms with E-state index in [4.69, 9.17) is 9.57 Å². The summed E-state index contributed by atoms with van der Waals surface area (Å²) < 4.78 is 6.98. The first-order chi connectivity index (χ1) is 14.2. The maximum absolute atomic E-state index is 12.4. The third kappa shape index (κ3) is 4.34. The lowest BCUT2D eigenvalue weighted by atomic mass is 10.2. The second kappa shape index (κ2) is 8.76. The summed E-state index contributed by atoms with van der Waals surface area (Å²) >= 11 is 0. The van der Waals surface area contributed by atoms with E-state index in [0.717, 1.165) is 38.5 Å². The monoisotopic (exact) mass is 402 g/mol. The molecule has 3 aliphatic rings. The third-order valence-corrected chi connectivity index (χ3v) is 5.17. The van der Waals surface area contributed by atoms with Gasteiger partial charge in [0.2, 0.25) is 0 Å². The summed E-state index contributed by atoms with van der Waals surface area (Å²) in [5.41, 5.74) is 1.19. The van der Waals surface area contributed by atoms with Crippen LogP contribution in [0.2, 0.25) is 0 Å². The van der Waals surface area contributed by atoms with E-state index < -0.39 is 0 Å². The van der Waals surface area contributed by atoms with Crippen molar-refractivity contribution < 1.29 is 19.2 Å². The molecule has 2 bridgehead atoms. The van der Waals surface area contributed by atoms with Crippen LogP contribution in [0.1, 0.15) is 10.5 Å². The van der Waals surface area contributed by atoms with Gasteiger partial charge in [0.25, 0.3) is 5.91 Å². The van der Waals surface area contributed by atoms with Gasteiger partial charge in [-0.2, -0.15) is 10.2 Å². The predicted octanol–water partition coefficient (Wildman–Crippen LogP) is 0.0234. The zero-order valence-electron chi connectivity index (χ0n) is 16.3. The Balaban J connectivity index is 1.34. The lowest BCUT2D eigenvalue weighted by molar-refractivity contribution is -0.107. The number of carbonyl (C=O) groups is 2. The number of hydrogen-bond acceptors (Lipinski definition) is 6. The van der Waals surface area contributed by atoms with Gasteiger partial charge in [0.15, 0.2) is 5.69 Å². The Hall–Kier alpha value is -2.69. The number of aromatic nitrogens is 2. The number of carbonyl (C=O) groups excluding carboxylic acids is 2. The molecule has 10 heteroatoms. The number of nitrogens with zero attached hydrogens (tertiary/aromatic N) is 5. The summed E-state index contributed by atoms with van der Waals surface area (Å²) in [6.45, 7) is 9.50. The Morgan fingerprint density at radius 1 is 1.41 bits per heavy atom. The average Bonchev–Trinajstić information content (AvgIpc) is 3.32. The minimum Gasteiger partial charge on any atom is -0.379 e. The molecule has 0 radical (unpaired) electrons. The van der Waals surface area contributed by atoms with Crippen molar-refractivity contribution in [2.45, 2.75) is 6.04 Å². The summed E-state index contributed by atoms with van der Waals surface area (Å²) in [4.78, 5) is 34.2. The molecule has 4 rings (SSSR count). The van der Waals surface area contributed by atoms with Crippen LogP contribution in [-0.2, 0) is 9.57 Å². The molecule has 29 heavy (non-hydrogen) atoms. The highest BCUT2D eigenvalue weighted by Gasteiger charge is 2.41. The molecule has 3 amide bonds. The number of hydroxylamine groups is 2. The van der Waals surface area contributed by atoms with Crippen molar-refractivity contribution in [1.29, 1.82) is 0 Å². The van der Waals surface area contributed by atoms with Gasteiger partial charge in [-0.15, -0.1) is 6.58 Å². The lowest BCUT2D eigenvalue weighted by Crippen LogP contribution is -2.41. The Bertz CT molecular complexity index is 800. The number of rotatable bonds is 8. The minimum atomic E-state index is -0.205. The molecule has 156 valence electrons. The van der Waals surface area contributed by atoms with Gasteiger partial charge in [0.1, 0.15) is 0 Å². The van der Waals surface area contributed by atoms with Crippen LogP contribution >= 0.6 is 0 Å². The van der Waals surface area contributed by atoms with Gasteiger partial charge >= 0.3 is 6.03 Å². The van der Waals surface area contributed by atoms with E-state index in [1.165, 1.54) is 5.06 Å². The Morgan fingerprint density at radius 2 is 2.24 bits per heavy atom. The third-order valence-electron chi connectivity index (χ3n) is 5.17. The molecule has 3 aliphatic heterocycles. The number of nitrogens with one attached hydrogen (secondary N) is 1. The number of hydrogen-bond donors (Lipinski definition) is 1. The number of ether oxygens (including phenoxy) is 1. The highest BCUT2D eigenvalue weighted by molar-refractivity contribution is 5.92. The van der Waals surface area contributed by atoms with Gasteiger partial charge in [0.05, 0.1) is 38.1 Å². The quantitative estimate of drug-likeness (QED) is 0.617. The van der Waals surface area contributed by atoms with E-state index in [1.54, 1.807) is 27.9 Å². The van der Waals surface area contributed by atoms with Crippen LogP contribution < -0.4 is 5.32 Å². The van der Waals surface area contributed by atoms with Crippen molar-refractivity contribution in [3.05, 3.63) is 36.7 Å². The summed E-state index contributed by atoms with van der Waals surface area (Å²) in [5.74, 6) is -0.205. The summed E-state index contributed by atoms with van der Waals surface area (Å²) in [7, 11) is 0. The summed E-state index contributed by atoms with van der Waals surface area (Å²) in [6.07, 6.45) is 5.30. The van der Waals surface area contributed by atoms with Gasteiger partial charge in [-0.3, -0.25) is 14.5 Å². The highest BCUT2D eigenvalue weighted by atomic mass is 16.7. The topological polar surface area (TPSA) is 92.2 Å². The van der Waals surface area contributed by atoms with Crippen LogP contribution in [0.15, 0.2) is 31.0 Å². The average molecular weight is 402 g/mol. The van der Waals surface area contributed by atoms with Gasteiger partial charge < -0.3 is 15.0 Å². The van der Waals surface area contributed by atoms with Crippen LogP contribution in [0.4, 0.5) is 4.79 Å². The van der Waals surface area contributed by atoms with E-state index in [2.05, 4.69) is 21.9 Å². The molecule has 1 N–H and O–H groups in total. The predicted molar refractivity (Wildman–Crippen MR) is 105 cm³/mol. The first-order valence-corrected chi connectivity index (χ1v) is 9.82. The molecular weight excluding hydrogens is 376 g/mol. The molecule has 1 atom stereocenters. The van der Waals surface area contributed by atoms with Crippen molar-refractivity contribution in [2.24, 2.45) is 0 Å². The molecule has 0 aromatic carbocycles. The Morgan fingerprint density at radius 3 is 3.03 bits per heavy atom. The number of urea groups is 1. The molecule has 4 heterocycles. The molecule has 2 fully saturated rings. The van der Waals surface area contributed by atoms with Crippen LogP contribution in [0.3, 0.4) is 0 Å². The molecule has 10 nitrogen and oxygen atoms in total. The fraction of sp³-hybridized carbons (Fsp3) is 0.526. The maximum atomic E-state index is 12.4. The molecule has 0 saturated carbocycles. The molecule has 1 unspecified atom stereocenters. The molecule has 1 aromatic rings. The second-order valence-electron chi connectivity index (χ2n) is 7.15. The Kier molecular flexibility index (Phi) is 5.93. The molecule has 2 saturated heterocycles. The van der Waals surface area contributed by atoms with Crippen molar-refractivity contribution in [2.75, 3.05) is 59.1 Å². The van der Waals surface area contributed by atoms with E-state index in [1.807, 2.05) is 6.08 Å². The normalized spacial score (nSPS) is 22.0. The standard InChI is InChI=1S/C19H26N6O4/c1-2-9-29-25-16-12-15(13-23(14-16)19(25)27)24-5-3-17(21-24)18(26)20-4-6-22-7-10-28-11-8-22/h2-3,5,12,16H,1,4,6-11,13-14H2,(H,20,26). The summed E-state index contributed by atoms with van der Waals surface area (Å²) in [6, 6.07) is 1.34. The van der Waals surface area contributed by atoms with Crippen molar-refractivity contribution in [3.63, 3.8) is 0 Å². The van der Waals surface area contributed by atoms with E-state index in [-0.39, 0.29) is 24.6 Å². The van der Waals surface area contributed by atoms with Gasteiger partial charge in [-0.25, -0.2) is 9.48 Å². The van der Waals surface area contributed by atoms with Crippen molar-refractivity contribution >= 4 is 17.6 Å². The number of fused-ring (bicyclic) bond motifs is 2. The first-order valence-electron chi connectivity index (χ1n) is 9.82. The fourth-order valence-corrected chi connectivity index (χ4v) is 3.66. The minimum absolute atomic E-state index is 0.170. The smallest absolute Gasteiger partial charge is 0.345 e. The van der Waals surface area contributed by atoms with E-state index in [0.29, 0.717) is 25.3 Å². The van der Waals surface area contributed by atoms with Crippen molar-refractivity contribution in [1.82, 2.24) is 30.0 Å². The van der Waals surface area contributed by atoms with Crippen LogP contribution in [0.5, 0.6) is 0 Å². The zero-order valence-corrected chi connectivity index (χ0v) is 16.3. The second-order valence-corrected chi connectivity index (χ2v) is 7.15. The number of amides is 3.